The lowest BCUT2D eigenvalue weighted by Crippen LogP contribution is -2.38. The molecule has 1 atom stereocenters. The second kappa shape index (κ2) is 6.62. The highest BCUT2D eigenvalue weighted by molar-refractivity contribution is 7.91. The first-order valence-electron chi connectivity index (χ1n) is 6.37. The number of carbonyl (C=O) groups excluding carboxylic acids is 1. The zero-order valence-electron chi connectivity index (χ0n) is 12.4. The summed E-state index contributed by atoms with van der Waals surface area (Å²) >= 11 is 6.00. The van der Waals surface area contributed by atoms with E-state index in [0.29, 0.717) is 0 Å². The average molecular weight is 335 g/mol. The van der Waals surface area contributed by atoms with Crippen LogP contribution in [0.4, 0.5) is 4.79 Å². The third-order valence-corrected chi connectivity index (χ3v) is 4.73. The van der Waals surface area contributed by atoms with Crippen molar-refractivity contribution in [2.75, 3.05) is 5.75 Å². The van der Waals surface area contributed by atoms with Crippen LogP contribution in [0.1, 0.15) is 38.6 Å². The van der Waals surface area contributed by atoms with Crippen LogP contribution in [0.25, 0.3) is 0 Å². The van der Waals surface area contributed by atoms with Crippen molar-refractivity contribution in [3.05, 3.63) is 29.0 Å². The van der Waals surface area contributed by atoms with Crippen LogP contribution in [0.5, 0.6) is 0 Å². The van der Waals surface area contributed by atoms with Gasteiger partial charge in [0, 0.05) is 28.7 Å². The molecule has 0 saturated heterocycles. The number of nitrogens with zero attached hydrogens (tertiary/aromatic N) is 1. The predicted molar refractivity (Wildman–Crippen MR) is 80.8 cm³/mol. The molecular formula is C13H19ClN2O4S. The molecule has 0 aromatic carbocycles. The lowest BCUT2D eigenvalue weighted by molar-refractivity contribution is 0.0519. The van der Waals surface area contributed by atoms with Gasteiger partial charge in [0.2, 0.25) is 0 Å². The number of hydrogen-bond donors (Lipinski definition) is 1. The van der Waals surface area contributed by atoms with Crippen molar-refractivity contribution in [1.29, 1.82) is 0 Å². The molecule has 0 aliphatic carbocycles. The summed E-state index contributed by atoms with van der Waals surface area (Å²) < 4.78 is 29.5. The third kappa shape index (κ3) is 5.17. The van der Waals surface area contributed by atoms with E-state index in [9.17, 15) is 13.2 Å². The zero-order chi connectivity index (χ0) is 16.3. The third-order valence-electron chi connectivity index (χ3n) is 2.49. The van der Waals surface area contributed by atoms with Crippen LogP contribution in [-0.4, -0.2) is 30.8 Å². The van der Waals surface area contributed by atoms with Gasteiger partial charge >= 0.3 is 6.09 Å². The molecule has 1 rings (SSSR count). The minimum Gasteiger partial charge on any atom is -0.444 e. The number of hydrogen-bond acceptors (Lipinski definition) is 5. The molecule has 1 heterocycles. The quantitative estimate of drug-likeness (QED) is 0.915. The fourth-order valence-electron chi connectivity index (χ4n) is 1.52. The predicted octanol–water partition coefficient (Wildman–Crippen LogP) is 2.69. The van der Waals surface area contributed by atoms with Gasteiger partial charge in [-0.3, -0.25) is 4.98 Å². The van der Waals surface area contributed by atoms with Crippen molar-refractivity contribution >= 4 is 27.5 Å². The molecule has 0 saturated carbocycles. The summed E-state index contributed by atoms with van der Waals surface area (Å²) in [5.74, 6) is -0.154. The highest BCUT2D eigenvalue weighted by Gasteiger charge is 2.31. The molecule has 1 amide bonds. The highest BCUT2D eigenvalue weighted by atomic mass is 35.5. The maximum absolute atomic E-state index is 12.2. The van der Waals surface area contributed by atoms with E-state index in [-0.39, 0.29) is 16.3 Å². The van der Waals surface area contributed by atoms with Gasteiger partial charge < -0.3 is 10.1 Å². The van der Waals surface area contributed by atoms with Crippen LogP contribution in [0.15, 0.2) is 18.5 Å². The number of amides is 1. The molecule has 118 valence electrons. The van der Waals surface area contributed by atoms with Crippen LogP contribution in [0.2, 0.25) is 5.02 Å². The van der Waals surface area contributed by atoms with E-state index in [2.05, 4.69) is 10.3 Å². The molecule has 0 fully saturated rings. The Balaban J connectivity index is 3.12. The molecule has 1 unspecified atom stereocenters. The Hall–Kier alpha value is -1.34. The zero-order valence-corrected chi connectivity index (χ0v) is 14.0. The molecule has 8 heteroatoms. The lowest BCUT2D eigenvalue weighted by Gasteiger charge is -2.24. The van der Waals surface area contributed by atoms with Gasteiger partial charge in [0.25, 0.3) is 0 Å². The van der Waals surface area contributed by atoms with Gasteiger partial charge in [-0.15, -0.1) is 0 Å². The monoisotopic (exact) mass is 334 g/mol. The van der Waals surface area contributed by atoms with E-state index in [1.165, 1.54) is 25.4 Å². The number of pyridine rings is 1. The number of ether oxygens (including phenoxy) is 1. The van der Waals surface area contributed by atoms with E-state index in [0.717, 1.165) is 0 Å². The molecule has 0 bridgehead atoms. The van der Waals surface area contributed by atoms with Gasteiger partial charge in [-0.25, -0.2) is 13.2 Å². The first-order valence-corrected chi connectivity index (χ1v) is 8.46. The van der Waals surface area contributed by atoms with Crippen LogP contribution < -0.4 is 5.32 Å². The molecule has 1 N–H and O–H groups in total. The van der Waals surface area contributed by atoms with Gasteiger partial charge in [0.05, 0.1) is 0 Å². The van der Waals surface area contributed by atoms with Crippen molar-refractivity contribution < 1.29 is 17.9 Å². The van der Waals surface area contributed by atoms with Crippen molar-refractivity contribution in [3.63, 3.8) is 0 Å². The average Bonchev–Trinajstić information content (AvgIpc) is 2.35. The van der Waals surface area contributed by atoms with E-state index in [1.54, 1.807) is 20.8 Å². The molecule has 21 heavy (non-hydrogen) atoms. The Bertz CT molecular complexity index is 611. The van der Waals surface area contributed by atoms with Crippen molar-refractivity contribution in [3.8, 4) is 0 Å². The lowest BCUT2D eigenvalue weighted by atomic mass is 10.2. The maximum atomic E-state index is 12.2. The van der Waals surface area contributed by atoms with E-state index in [1.807, 2.05) is 0 Å². The highest BCUT2D eigenvalue weighted by Crippen LogP contribution is 2.27. The van der Waals surface area contributed by atoms with Crippen molar-refractivity contribution in [2.45, 2.75) is 38.7 Å². The number of sulfone groups is 1. The van der Waals surface area contributed by atoms with Gasteiger partial charge in [0.15, 0.2) is 15.2 Å². The Morgan fingerprint density at radius 3 is 2.57 bits per heavy atom. The smallest absolute Gasteiger partial charge is 0.408 e. The standard InChI is InChI=1S/C13H19ClN2O4S/c1-5-21(18,19)11(9-8-15-7-6-10(9)14)16-12(17)20-13(2,3)4/h6-8,11H,5H2,1-4H3,(H,16,17). The molecule has 0 aliphatic heterocycles. The second-order valence-corrected chi connectivity index (χ2v) is 8.16. The Kier molecular flexibility index (Phi) is 5.58. The first-order chi connectivity index (χ1) is 9.57. The number of carbonyl (C=O) groups is 1. The summed E-state index contributed by atoms with van der Waals surface area (Å²) in [5, 5.41) is 1.27. The van der Waals surface area contributed by atoms with Crippen molar-refractivity contribution in [2.24, 2.45) is 0 Å². The van der Waals surface area contributed by atoms with E-state index in [4.69, 9.17) is 16.3 Å². The Labute approximate surface area is 129 Å². The molecular weight excluding hydrogens is 316 g/mol. The minimum absolute atomic E-state index is 0.154. The summed E-state index contributed by atoms with van der Waals surface area (Å²) in [5.41, 5.74) is -0.518. The molecule has 0 spiro atoms. The summed E-state index contributed by atoms with van der Waals surface area (Å²) in [6.45, 7) is 6.55. The van der Waals surface area contributed by atoms with Gasteiger partial charge in [-0.05, 0) is 26.8 Å². The Morgan fingerprint density at radius 2 is 2.10 bits per heavy atom. The number of halogens is 1. The number of aromatic nitrogens is 1. The topological polar surface area (TPSA) is 85.4 Å². The summed E-state index contributed by atoms with van der Waals surface area (Å²) in [4.78, 5) is 15.7. The molecule has 0 aliphatic rings. The normalized spacial score (nSPS) is 13.6. The first kappa shape index (κ1) is 17.7. The van der Waals surface area contributed by atoms with Crippen LogP contribution in [0, 0.1) is 0 Å². The van der Waals surface area contributed by atoms with Gasteiger partial charge in [-0.1, -0.05) is 18.5 Å². The van der Waals surface area contributed by atoms with E-state index < -0.39 is 26.9 Å². The fraction of sp³-hybridized carbons (Fsp3) is 0.538. The van der Waals surface area contributed by atoms with Gasteiger partial charge in [-0.2, -0.15) is 0 Å². The summed E-state index contributed by atoms with van der Waals surface area (Å²) in [6.07, 6.45) is 1.93. The molecule has 1 aromatic heterocycles. The van der Waals surface area contributed by atoms with Gasteiger partial charge in [0.1, 0.15) is 5.60 Å². The van der Waals surface area contributed by atoms with Crippen molar-refractivity contribution in [1.82, 2.24) is 10.3 Å². The summed E-state index contributed by atoms with van der Waals surface area (Å²) in [7, 11) is -3.62. The number of rotatable bonds is 4. The SMILES string of the molecule is CCS(=O)(=O)C(NC(=O)OC(C)(C)C)c1cnccc1Cl. The number of alkyl carbamates (subject to hydrolysis) is 1. The largest absolute Gasteiger partial charge is 0.444 e. The number of nitrogens with one attached hydrogen (secondary N) is 1. The molecule has 0 radical (unpaired) electrons. The van der Waals surface area contributed by atoms with Crippen LogP contribution in [0.3, 0.4) is 0 Å². The second-order valence-electron chi connectivity index (χ2n) is 5.37. The van der Waals surface area contributed by atoms with Crippen LogP contribution in [-0.2, 0) is 14.6 Å². The summed E-state index contributed by atoms with van der Waals surface area (Å²) in [6, 6.07) is 1.46. The maximum Gasteiger partial charge on any atom is 0.408 e. The molecule has 1 aromatic rings. The van der Waals surface area contributed by atoms with Crippen LogP contribution >= 0.6 is 11.6 Å². The molecule has 6 nitrogen and oxygen atoms in total. The minimum atomic E-state index is -3.62. The van der Waals surface area contributed by atoms with E-state index >= 15 is 0 Å². The Morgan fingerprint density at radius 1 is 1.48 bits per heavy atom. The fourth-order valence-corrected chi connectivity index (χ4v) is 2.99.